The highest BCUT2D eigenvalue weighted by Gasteiger charge is 2.47. The first kappa shape index (κ1) is 26.0. The summed E-state index contributed by atoms with van der Waals surface area (Å²) in [7, 11) is 0. The van der Waals surface area contributed by atoms with Crippen molar-refractivity contribution in [2.24, 2.45) is 0 Å². The van der Waals surface area contributed by atoms with Gasteiger partial charge in [-0.05, 0) is 36.8 Å². The number of hydrogen-bond acceptors (Lipinski definition) is 7. The molecule has 5 heterocycles. The number of carbonyl (C=O) groups is 2. The van der Waals surface area contributed by atoms with Crippen LogP contribution in [0.25, 0.3) is 16.9 Å². The van der Waals surface area contributed by atoms with Crippen molar-refractivity contribution < 1.29 is 32.6 Å². The molecule has 4 aromatic rings. The second-order valence-corrected chi connectivity index (χ2v) is 9.97. The lowest BCUT2D eigenvalue weighted by molar-refractivity contribution is -0.0197. The first-order chi connectivity index (χ1) is 20.4. The van der Waals surface area contributed by atoms with Gasteiger partial charge in [-0.15, -0.1) is 0 Å². The molecule has 3 aliphatic heterocycles. The molecular weight excluding hydrogens is 550 g/mol. The van der Waals surface area contributed by atoms with E-state index >= 15 is 4.39 Å². The van der Waals surface area contributed by atoms with Crippen molar-refractivity contribution >= 4 is 12.1 Å². The van der Waals surface area contributed by atoms with Gasteiger partial charge in [0, 0.05) is 36.1 Å². The number of halogens is 2. The zero-order valence-corrected chi connectivity index (χ0v) is 22.3. The van der Waals surface area contributed by atoms with Crippen LogP contribution in [0.15, 0.2) is 71.8 Å². The van der Waals surface area contributed by atoms with Gasteiger partial charge in [-0.3, -0.25) is 19.3 Å². The largest absolute Gasteiger partial charge is 0.514 e. The monoisotopic (exact) mass is 574 g/mol. The van der Waals surface area contributed by atoms with Crippen molar-refractivity contribution in [2.75, 3.05) is 31.4 Å². The van der Waals surface area contributed by atoms with Crippen LogP contribution in [-0.4, -0.2) is 58.7 Å². The number of nitrogens with zero attached hydrogens (tertiary/aromatic N) is 4. The number of fused-ring (bicyclic) bond motifs is 7. The Balaban J connectivity index is 1.54. The molecule has 2 atom stereocenters. The molecule has 1 saturated heterocycles. The summed E-state index contributed by atoms with van der Waals surface area (Å²) in [4.78, 5) is 40.8. The van der Waals surface area contributed by atoms with Gasteiger partial charge in [-0.25, -0.2) is 13.6 Å². The fourth-order valence-electron chi connectivity index (χ4n) is 6.09. The van der Waals surface area contributed by atoms with Gasteiger partial charge in [0.1, 0.15) is 12.2 Å². The molecule has 0 bridgehead atoms. The highest BCUT2D eigenvalue weighted by atomic mass is 19.2. The quantitative estimate of drug-likeness (QED) is 0.342. The Morgan fingerprint density at radius 3 is 2.69 bits per heavy atom. The van der Waals surface area contributed by atoms with E-state index in [0.29, 0.717) is 16.9 Å². The standard InChI is InChI=1S/C30H24F2N4O6/c1-2-41-30(39)42-28-22(37)11-13-35-27(28)29(38)34-14-15-40-16-23(34)36(35)26-17-6-3-4-7-20(17)33-12-5-8-21(33)24-18(26)9-10-19(31)25(24)32/h3-13,23,26H,2,14-16H2,1H3/t23-,26-/m1/s1. The fraction of sp³-hybridized carbons (Fsp3) is 0.233. The van der Waals surface area contributed by atoms with Gasteiger partial charge in [-0.1, -0.05) is 24.3 Å². The van der Waals surface area contributed by atoms with Crippen molar-refractivity contribution in [3.05, 3.63) is 106 Å². The van der Waals surface area contributed by atoms with Crippen LogP contribution in [0.1, 0.15) is 34.6 Å². The summed E-state index contributed by atoms with van der Waals surface area (Å²) in [5.41, 5.74) is 1.48. The molecule has 1 amide bonds. The normalized spacial score (nSPS) is 18.7. The van der Waals surface area contributed by atoms with Gasteiger partial charge in [0.15, 0.2) is 17.3 Å². The van der Waals surface area contributed by atoms with Crippen molar-refractivity contribution in [1.82, 2.24) is 14.1 Å². The van der Waals surface area contributed by atoms with E-state index < -0.39 is 47.1 Å². The number of hydrogen-bond donors (Lipinski definition) is 0. The van der Waals surface area contributed by atoms with E-state index in [1.54, 1.807) is 34.8 Å². The molecule has 42 heavy (non-hydrogen) atoms. The third kappa shape index (κ3) is 3.75. The lowest BCUT2D eigenvalue weighted by Crippen LogP contribution is -2.66. The highest BCUT2D eigenvalue weighted by Crippen LogP contribution is 2.46. The lowest BCUT2D eigenvalue weighted by atomic mass is 9.91. The average molecular weight is 575 g/mol. The first-order valence-electron chi connectivity index (χ1n) is 13.4. The zero-order chi connectivity index (χ0) is 29.1. The Kier molecular flexibility index (Phi) is 6.08. The second-order valence-electron chi connectivity index (χ2n) is 9.97. The maximum absolute atomic E-state index is 15.8. The fourth-order valence-corrected chi connectivity index (χ4v) is 6.09. The molecule has 7 rings (SSSR count). The topological polar surface area (TPSA) is 95.2 Å². The third-order valence-electron chi connectivity index (χ3n) is 7.79. The Labute approximate surface area is 237 Å². The minimum absolute atomic E-state index is 0.000632. The van der Waals surface area contributed by atoms with Gasteiger partial charge in [0.25, 0.3) is 5.91 Å². The molecule has 0 N–H and O–H groups in total. The van der Waals surface area contributed by atoms with E-state index in [2.05, 4.69) is 0 Å². The minimum Gasteiger partial charge on any atom is -0.434 e. The predicted molar refractivity (Wildman–Crippen MR) is 145 cm³/mol. The Morgan fingerprint density at radius 1 is 1.02 bits per heavy atom. The van der Waals surface area contributed by atoms with Crippen LogP contribution in [-0.2, 0) is 9.47 Å². The van der Waals surface area contributed by atoms with Gasteiger partial charge in [0.05, 0.1) is 31.2 Å². The van der Waals surface area contributed by atoms with E-state index in [9.17, 15) is 18.8 Å². The molecule has 0 radical (unpaired) electrons. The number of rotatable bonds is 3. The first-order valence-corrected chi connectivity index (χ1v) is 13.4. The summed E-state index contributed by atoms with van der Waals surface area (Å²) in [6, 6.07) is 13.9. The zero-order valence-electron chi connectivity index (χ0n) is 22.3. The minimum atomic E-state index is -1.13. The van der Waals surface area contributed by atoms with E-state index in [4.69, 9.17) is 14.2 Å². The summed E-state index contributed by atoms with van der Waals surface area (Å²) in [5.74, 6) is -3.05. The molecule has 0 aliphatic carbocycles. The van der Waals surface area contributed by atoms with Gasteiger partial charge in [-0.2, -0.15) is 0 Å². The van der Waals surface area contributed by atoms with Gasteiger partial charge in [0.2, 0.25) is 11.2 Å². The molecule has 12 heteroatoms. The Hall–Kier alpha value is -4.97. The molecule has 10 nitrogen and oxygen atoms in total. The summed E-state index contributed by atoms with van der Waals surface area (Å²) < 4.78 is 49.8. The van der Waals surface area contributed by atoms with Crippen LogP contribution in [0, 0.1) is 11.6 Å². The summed E-state index contributed by atoms with van der Waals surface area (Å²) in [6.45, 7) is 2.10. The maximum atomic E-state index is 15.8. The molecular formula is C30H24F2N4O6. The molecule has 0 spiro atoms. The summed E-state index contributed by atoms with van der Waals surface area (Å²) in [5, 5.41) is 1.79. The summed E-state index contributed by atoms with van der Waals surface area (Å²) in [6.07, 6.45) is 1.34. The molecule has 1 fully saturated rings. The van der Waals surface area contributed by atoms with Crippen molar-refractivity contribution in [1.29, 1.82) is 0 Å². The number of benzene rings is 2. The van der Waals surface area contributed by atoms with Crippen LogP contribution in [0.3, 0.4) is 0 Å². The molecule has 214 valence electrons. The molecule has 0 unspecified atom stereocenters. The average Bonchev–Trinajstić information content (AvgIpc) is 3.43. The van der Waals surface area contributed by atoms with E-state index in [1.165, 1.54) is 27.9 Å². The van der Waals surface area contributed by atoms with Crippen LogP contribution in [0.5, 0.6) is 5.75 Å². The highest BCUT2D eigenvalue weighted by molar-refractivity contribution is 5.97. The van der Waals surface area contributed by atoms with Gasteiger partial charge < -0.3 is 23.7 Å². The van der Waals surface area contributed by atoms with Crippen LogP contribution in [0.2, 0.25) is 0 Å². The number of pyridine rings is 1. The summed E-state index contributed by atoms with van der Waals surface area (Å²) >= 11 is 0. The van der Waals surface area contributed by atoms with Crippen molar-refractivity contribution in [2.45, 2.75) is 19.1 Å². The molecule has 0 saturated carbocycles. The number of para-hydroxylation sites is 1. The van der Waals surface area contributed by atoms with E-state index in [-0.39, 0.29) is 37.6 Å². The van der Waals surface area contributed by atoms with Crippen LogP contribution in [0.4, 0.5) is 13.6 Å². The predicted octanol–water partition coefficient (Wildman–Crippen LogP) is 3.97. The van der Waals surface area contributed by atoms with E-state index in [0.717, 1.165) is 11.6 Å². The van der Waals surface area contributed by atoms with Crippen molar-refractivity contribution in [3.8, 4) is 22.7 Å². The van der Waals surface area contributed by atoms with Crippen LogP contribution < -0.4 is 15.2 Å². The van der Waals surface area contributed by atoms with E-state index in [1.807, 2.05) is 24.3 Å². The Morgan fingerprint density at radius 2 is 1.86 bits per heavy atom. The maximum Gasteiger partial charge on any atom is 0.514 e. The molecule has 3 aliphatic rings. The second kappa shape index (κ2) is 9.84. The third-order valence-corrected chi connectivity index (χ3v) is 7.79. The molecule has 2 aromatic heterocycles. The smallest absolute Gasteiger partial charge is 0.434 e. The number of ether oxygens (including phenoxy) is 3. The molecule has 2 aromatic carbocycles. The lowest BCUT2D eigenvalue weighted by Gasteiger charge is -2.51. The van der Waals surface area contributed by atoms with Crippen LogP contribution >= 0.6 is 0 Å². The Bertz CT molecular complexity index is 1820. The number of amides is 1. The van der Waals surface area contributed by atoms with Crippen molar-refractivity contribution in [3.63, 3.8) is 0 Å². The SMILES string of the molecule is CCOC(=O)Oc1c2n(ccc1=O)N([C@@H]1c3ccccc3-n3cccc3-c3c1ccc(F)c3F)[C@@H]1COCCN1C2=O. The number of morpholine rings is 1. The number of carbonyl (C=O) groups excluding carboxylic acids is 2. The van der Waals surface area contributed by atoms with Gasteiger partial charge >= 0.3 is 6.16 Å². The number of aromatic nitrogens is 2.